The van der Waals surface area contributed by atoms with Crippen LogP contribution >= 0.6 is 11.6 Å². The van der Waals surface area contributed by atoms with Gasteiger partial charge < -0.3 is 10.4 Å². The molecule has 1 aromatic rings. The average Bonchev–Trinajstić information content (AvgIpc) is 3.02. The Bertz CT molecular complexity index is 418. The van der Waals surface area contributed by atoms with E-state index >= 15 is 0 Å². The summed E-state index contributed by atoms with van der Waals surface area (Å²) in [6.07, 6.45) is 3.21. The summed E-state index contributed by atoms with van der Waals surface area (Å²) in [6, 6.07) is 0. The monoisotopic (exact) mass is 255 g/mol. The van der Waals surface area contributed by atoms with Crippen LogP contribution < -0.4 is 5.32 Å². The molecular weight excluding hydrogens is 238 g/mol. The minimum absolute atomic E-state index is 0.254. The number of aromatic nitrogens is 2. The van der Waals surface area contributed by atoms with Gasteiger partial charge in [-0.1, -0.05) is 11.6 Å². The second-order valence-electron chi connectivity index (χ2n) is 4.86. The predicted octanol–water partition coefficient (Wildman–Crippen LogP) is 2.32. The summed E-state index contributed by atoms with van der Waals surface area (Å²) in [6.45, 7) is 4.85. The first-order valence-electron chi connectivity index (χ1n) is 5.92. The van der Waals surface area contributed by atoms with Crippen molar-refractivity contribution < 1.29 is 5.11 Å². The first kappa shape index (κ1) is 12.6. The first-order chi connectivity index (χ1) is 8.06. The fraction of sp³-hybridized carbons (Fsp3) is 0.667. The van der Waals surface area contributed by atoms with Crippen molar-refractivity contribution in [1.29, 1.82) is 0 Å². The Kier molecular flexibility index (Phi) is 3.54. The van der Waals surface area contributed by atoms with Crippen molar-refractivity contribution in [2.24, 2.45) is 5.41 Å². The van der Waals surface area contributed by atoms with Gasteiger partial charge in [0.1, 0.15) is 16.8 Å². The molecule has 17 heavy (non-hydrogen) atoms. The fourth-order valence-electron chi connectivity index (χ4n) is 1.97. The molecule has 0 saturated heterocycles. The number of halogens is 1. The standard InChI is InChI=1S/C12H18ClN3O/c1-8-10(13)15-9(2)16-11(8)14-7-12(3-4-12)5-6-17/h17H,3-7H2,1-2H3,(H,14,15,16). The quantitative estimate of drug-likeness (QED) is 0.793. The maximum atomic E-state index is 9.01. The fourth-order valence-corrected chi connectivity index (χ4v) is 2.18. The smallest absolute Gasteiger partial charge is 0.137 e. The van der Waals surface area contributed by atoms with Crippen LogP contribution in [0.2, 0.25) is 5.15 Å². The Morgan fingerprint density at radius 3 is 2.65 bits per heavy atom. The average molecular weight is 256 g/mol. The molecule has 4 nitrogen and oxygen atoms in total. The van der Waals surface area contributed by atoms with Gasteiger partial charge >= 0.3 is 0 Å². The number of hydrogen-bond acceptors (Lipinski definition) is 4. The molecule has 0 amide bonds. The van der Waals surface area contributed by atoms with Gasteiger partial charge in [0.05, 0.1) is 0 Å². The molecular formula is C12H18ClN3O. The molecule has 2 N–H and O–H groups in total. The molecule has 0 atom stereocenters. The van der Waals surface area contributed by atoms with Crippen molar-refractivity contribution in [3.63, 3.8) is 0 Å². The molecule has 1 aliphatic carbocycles. The molecule has 0 radical (unpaired) electrons. The Labute approximate surface area is 106 Å². The Morgan fingerprint density at radius 1 is 1.35 bits per heavy atom. The minimum Gasteiger partial charge on any atom is -0.396 e. The van der Waals surface area contributed by atoms with Crippen molar-refractivity contribution in [1.82, 2.24) is 9.97 Å². The normalized spacial score (nSPS) is 16.9. The zero-order valence-corrected chi connectivity index (χ0v) is 11.0. The van der Waals surface area contributed by atoms with Crippen LogP contribution in [0.15, 0.2) is 0 Å². The van der Waals surface area contributed by atoms with Crippen LogP contribution in [0.5, 0.6) is 0 Å². The van der Waals surface area contributed by atoms with Crippen LogP contribution in [0.1, 0.15) is 30.7 Å². The lowest BCUT2D eigenvalue weighted by Crippen LogP contribution is -2.18. The van der Waals surface area contributed by atoms with Gasteiger partial charge in [-0.25, -0.2) is 9.97 Å². The Hall–Kier alpha value is -0.870. The van der Waals surface area contributed by atoms with E-state index in [1.54, 1.807) is 0 Å². The number of nitrogens with one attached hydrogen (secondary N) is 1. The van der Waals surface area contributed by atoms with Crippen molar-refractivity contribution in [2.45, 2.75) is 33.1 Å². The third-order valence-corrected chi connectivity index (χ3v) is 3.80. The van der Waals surface area contributed by atoms with Gasteiger partial charge in [-0.05, 0) is 38.5 Å². The summed E-state index contributed by atoms with van der Waals surface area (Å²) >= 11 is 6.01. The molecule has 1 heterocycles. The second-order valence-corrected chi connectivity index (χ2v) is 5.22. The Morgan fingerprint density at radius 2 is 2.06 bits per heavy atom. The minimum atomic E-state index is 0.254. The highest BCUT2D eigenvalue weighted by Crippen LogP contribution is 2.48. The number of aryl methyl sites for hydroxylation is 1. The molecule has 2 rings (SSSR count). The topological polar surface area (TPSA) is 58.0 Å². The molecule has 0 aromatic carbocycles. The maximum absolute atomic E-state index is 9.01. The van der Waals surface area contributed by atoms with E-state index in [4.69, 9.17) is 16.7 Å². The van der Waals surface area contributed by atoms with Crippen LogP contribution in [0, 0.1) is 19.3 Å². The summed E-state index contributed by atoms with van der Waals surface area (Å²) in [4.78, 5) is 8.46. The largest absolute Gasteiger partial charge is 0.396 e. The van der Waals surface area contributed by atoms with E-state index in [0.717, 1.165) is 24.3 Å². The molecule has 1 aromatic heterocycles. The zero-order valence-electron chi connectivity index (χ0n) is 10.3. The lowest BCUT2D eigenvalue weighted by atomic mass is 10.0. The van der Waals surface area contributed by atoms with Gasteiger partial charge in [-0.2, -0.15) is 0 Å². The lowest BCUT2D eigenvalue weighted by molar-refractivity contribution is 0.253. The molecule has 1 aliphatic rings. The van der Waals surface area contributed by atoms with Gasteiger partial charge in [0, 0.05) is 18.7 Å². The van der Waals surface area contributed by atoms with E-state index in [9.17, 15) is 0 Å². The highest BCUT2D eigenvalue weighted by molar-refractivity contribution is 6.30. The van der Waals surface area contributed by atoms with Gasteiger partial charge in [-0.15, -0.1) is 0 Å². The predicted molar refractivity (Wildman–Crippen MR) is 68.4 cm³/mol. The number of hydrogen-bond donors (Lipinski definition) is 2. The summed E-state index contributed by atoms with van der Waals surface area (Å²) in [5.41, 5.74) is 1.16. The number of rotatable bonds is 5. The van der Waals surface area contributed by atoms with Crippen molar-refractivity contribution in [3.8, 4) is 0 Å². The van der Waals surface area contributed by atoms with E-state index < -0.39 is 0 Å². The van der Waals surface area contributed by atoms with Crippen LogP contribution in [0.3, 0.4) is 0 Å². The van der Waals surface area contributed by atoms with Gasteiger partial charge in [0.25, 0.3) is 0 Å². The summed E-state index contributed by atoms with van der Waals surface area (Å²) in [7, 11) is 0. The maximum Gasteiger partial charge on any atom is 0.137 e. The van der Waals surface area contributed by atoms with Gasteiger partial charge in [-0.3, -0.25) is 0 Å². The molecule has 94 valence electrons. The zero-order chi connectivity index (χ0) is 12.5. The van der Waals surface area contributed by atoms with E-state index in [1.807, 2.05) is 13.8 Å². The second kappa shape index (κ2) is 4.78. The number of anilines is 1. The van der Waals surface area contributed by atoms with Crippen molar-refractivity contribution in [2.75, 3.05) is 18.5 Å². The summed E-state index contributed by atoms with van der Waals surface area (Å²) < 4.78 is 0. The third kappa shape index (κ3) is 2.87. The van der Waals surface area contributed by atoms with E-state index in [2.05, 4.69) is 15.3 Å². The molecule has 0 unspecified atom stereocenters. The third-order valence-electron chi connectivity index (χ3n) is 3.43. The SMILES string of the molecule is Cc1nc(Cl)c(C)c(NCC2(CCO)CC2)n1. The van der Waals surface area contributed by atoms with E-state index in [0.29, 0.717) is 11.0 Å². The molecule has 0 bridgehead atoms. The van der Waals surface area contributed by atoms with Crippen LogP contribution in [-0.4, -0.2) is 28.2 Å². The first-order valence-corrected chi connectivity index (χ1v) is 6.30. The van der Waals surface area contributed by atoms with Gasteiger partial charge in [0.15, 0.2) is 0 Å². The number of aliphatic hydroxyl groups excluding tert-OH is 1. The highest BCUT2D eigenvalue weighted by atomic mass is 35.5. The molecule has 1 fully saturated rings. The molecule has 0 aliphatic heterocycles. The van der Waals surface area contributed by atoms with Crippen molar-refractivity contribution >= 4 is 17.4 Å². The number of aliphatic hydroxyl groups is 1. The van der Waals surface area contributed by atoms with Crippen molar-refractivity contribution in [3.05, 3.63) is 16.5 Å². The Balaban J connectivity index is 2.04. The van der Waals surface area contributed by atoms with Crippen LogP contribution in [-0.2, 0) is 0 Å². The molecule has 1 saturated carbocycles. The lowest BCUT2D eigenvalue weighted by Gasteiger charge is -2.16. The van der Waals surface area contributed by atoms with E-state index in [-0.39, 0.29) is 12.0 Å². The van der Waals surface area contributed by atoms with Crippen LogP contribution in [0.25, 0.3) is 0 Å². The number of nitrogens with zero attached hydrogens (tertiary/aromatic N) is 2. The van der Waals surface area contributed by atoms with Gasteiger partial charge in [0.2, 0.25) is 0 Å². The highest BCUT2D eigenvalue weighted by Gasteiger charge is 2.41. The molecule has 0 spiro atoms. The summed E-state index contributed by atoms with van der Waals surface area (Å²) in [5, 5.41) is 12.8. The van der Waals surface area contributed by atoms with E-state index in [1.165, 1.54) is 12.8 Å². The molecule has 5 heteroatoms. The van der Waals surface area contributed by atoms with Crippen LogP contribution in [0.4, 0.5) is 5.82 Å². The summed E-state index contributed by atoms with van der Waals surface area (Å²) in [5.74, 6) is 1.49.